The molecular weight excluding hydrogens is 1700 g/mol. The van der Waals surface area contributed by atoms with Gasteiger partial charge >= 0.3 is 0 Å². The second-order valence-corrected chi connectivity index (χ2v) is 35.3. The second-order valence-electron chi connectivity index (χ2n) is 35.3. The highest BCUT2D eigenvalue weighted by Gasteiger charge is 2.35. The molecule has 0 bridgehead atoms. The van der Waals surface area contributed by atoms with E-state index in [4.69, 9.17) is 51.6 Å². The molecule has 0 unspecified atom stereocenters. The van der Waals surface area contributed by atoms with Gasteiger partial charge in [-0.1, -0.05) is 390 Å². The van der Waals surface area contributed by atoms with Crippen LogP contribution in [-0.4, -0.2) is 9.13 Å². The van der Waals surface area contributed by atoms with Crippen LogP contribution in [0.4, 0.5) is 51.2 Å². The van der Waals surface area contributed by atoms with Crippen LogP contribution in [0, 0.1) is 0 Å². The van der Waals surface area contributed by atoms with Crippen molar-refractivity contribution in [1.29, 1.82) is 0 Å². The average Bonchev–Trinajstić information content (AvgIpc) is 1.64. The number of benzene rings is 21. The SMILES string of the molecule is CC1(C)c2ccccc2-c2ccc(N)cc21.CCn1c2ccc(N)cc2c2cc(N)ccc21.Nc1c2ccccc2c(/C=C/c2ccccc2)c2ccccc12.Nc1ccc(-c2ccc(/C=C/c3ccccc3)c3ccccc23)c2ccccc12.Nc1ccc(/C=C/c2ccccc2)c2ccccc12.Nc1ccc(/C=C/c2ccccc2)cc1.Nc1ccc2c(c1)c1cc(N)ccc1n2-c1ccccc1. The summed E-state index contributed by atoms with van der Waals surface area (Å²) in [5.41, 5.74) is 84.4. The van der Waals surface area contributed by atoms with Crippen LogP contribution in [0.1, 0.15) is 76.4 Å². The lowest BCUT2D eigenvalue weighted by Crippen LogP contribution is -2.15. The van der Waals surface area contributed by atoms with Crippen molar-refractivity contribution in [1.82, 2.24) is 9.13 Å². The molecule has 11 nitrogen and oxygen atoms in total. The molecule has 2 heterocycles. The summed E-state index contributed by atoms with van der Waals surface area (Å²) >= 11 is 0. The molecule has 11 heteroatoms. The fourth-order valence-corrected chi connectivity index (χ4v) is 18.8. The van der Waals surface area contributed by atoms with Crippen molar-refractivity contribution < 1.29 is 0 Å². The molecule has 0 radical (unpaired) electrons. The van der Waals surface area contributed by atoms with Crippen molar-refractivity contribution in [2.24, 2.45) is 0 Å². The van der Waals surface area contributed by atoms with Gasteiger partial charge in [-0.15, -0.1) is 0 Å². The molecule has 0 saturated carbocycles. The summed E-state index contributed by atoms with van der Waals surface area (Å²) in [4.78, 5) is 0. The molecule has 24 rings (SSSR count). The summed E-state index contributed by atoms with van der Waals surface area (Å²) in [7, 11) is 0. The van der Waals surface area contributed by atoms with Crippen LogP contribution < -0.4 is 51.6 Å². The molecule has 0 atom stereocenters. The molecule has 0 spiro atoms. The first-order valence-electron chi connectivity index (χ1n) is 47.1. The highest BCUT2D eigenvalue weighted by Crippen LogP contribution is 2.49. The van der Waals surface area contributed by atoms with E-state index in [0.717, 1.165) is 112 Å². The van der Waals surface area contributed by atoms with Gasteiger partial charge in [-0.25, -0.2) is 0 Å². The summed E-state index contributed by atoms with van der Waals surface area (Å²) in [5.74, 6) is 0. The maximum atomic E-state index is 6.41. The number of rotatable bonds is 11. The van der Waals surface area contributed by atoms with E-state index in [-0.39, 0.29) is 5.41 Å². The van der Waals surface area contributed by atoms with Gasteiger partial charge in [-0.3, -0.25) is 0 Å². The molecule has 18 N–H and O–H groups in total. The van der Waals surface area contributed by atoms with Crippen LogP contribution in [0.2, 0.25) is 0 Å². The lowest BCUT2D eigenvalue weighted by Gasteiger charge is -2.21. The van der Waals surface area contributed by atoms with Gasteiger partial charge in [-0.2, -0.15) is 0 Å². The molecule has 23 aromatic rings. The number of fused-ring (bicyclic) bond motifs is 14. The number of hydrogen-bond donors (Lipinski definition) is 9. The Hall–Kier alpha value is -18.3. The summed E-state index contributed by atoms with van der Waals surface area (Å²) < 4.78 is 4.52. The standard InChI is InChI=1S/C28H21N.C22H17N.C18H15N3.C18H15N.C15H15N.C14H15N3.C14H13N/c29-28-19-18-26(24-12-6-7-13-27(24)28)25-17-16-21(22-10-4-5-11-23(22)25)15-14-20-8-2-1-3-9-20;23-22-20-12-6-4-10-17(20)19(18-11-5-7-13-21(18)22)15-14-16-8-2-1-3-9-16;19-12-6-8-17-15(10-12)16-11-13(20)7-9-18(16)21(17)14-4-2-1-3-5-14;19-18-13-12-15(16-8-4-5-9-17(16)18)11-10-14-6-2-1-3-7-14;1-15(2)13-6-4-3-5-11(13)12-8-7-10(16)9-14(12)15;1-2-17-13-5-3-9(15)7-11(13)12-8-10(16)4-6-14(12)17;15-14-10-8-13(9-11-14)7-6-12-4-2-1-3-5-12/h1-19H,29H2;1-15H,23H2;1-11H,19-20H2;1-13H,19H2;3-9H,16H2,1-2H3;3-8H,2,15-16H2,1H3;1-11H,15H2/b2*15-14+;;11-10+;;;7-6+. The van der Waals surface area contributed by atoms with E-state index in [2.05, 4.69) is 339 Å². The van der Waals surface area contributed by atoms with Crippen molar-refractivity contribution in [2.75, 3.05) is 51.6 Å². The fourth-order valence-electron chi connectivity index (χ4n) is 18.8. The minimum atomic E-state index is 0.0707. The Morgan fingerprint density at radius 2 is 0.514 bits per heavy atom. The first kappa shape index (κ1) is 92.1. The number of para-hydroxylation sites is 1. The quantitative estimate of drug-likeness (QED) is 0.0339. The fraction of sp³-hybridized carbons (Fsp3) is 0.0388. The van der Waals surface area contributed by atoms with E-state index in [9.17, 15) is 0 Å². The number of anilines is 9. The zero-order chi connectivity index (χ0) is 96.6. The number of aromatic nitrogens is 2. The highest BCUT2D eigenvalue weighted by atomic mass is 15.0. The third kappa shape index (κ3) is 20.4. The van der Waals surface area contributed by atoms with Gasteiger partial charge in [0, 0.05) is 123 Å². The topological polar surface area (TPSA) is 244 Å². The molecule has 0 fully saturated rings. The molecule has 682 valence electrons. The van der Waals surface area contributed by atoms with Gasteiger partial charge in [0.15, 0.2) is 0 Å². The smallest absolute Gasteiger partial charge is 0.0542 e. The number of nitrogens with zero attached hydrogens (tertiary/aromatic N) is 2. The van der Waals surface area contributed by atoms with E-state index in [0.29, 0.717) is 0 Å². The highest BCUT2D eigenvalue weighted by molar-refractivity contribution is 6.17. The van der Waals surface area contributed by atoms with Crippen molar-refractivity contribution in [3.8, 4) is 27.9 Å². The number of nitrogen functional groups attached to an aromatic ring is 9. The molecule has 2 aromatic heterocycles. The summed E-state index contributed by atoms with van der Waals surface area (Å²) in [6, 6.07) is 153. The van der Waals surface area contributed by atoms with E-state index >= 15 is 0 Å². The molecule has 0 amide bonds. The predicted octanol–water partition coefficient (Wildman–Crippen LogP) is 31.7. The van der Waals surface area contributed by atoms with Gasteiger partial charge in [0.05, 0.1) is 11.0 Å². The Kier molecular flexibility index (Phi) is 27.7. The largest absolute Gasteiger partial charge is 0.399 e. The maximum absolute atomic E-state index is 6.41. The minimum absolute atomic E-state index is 0.0707. The van der Waals surface area contributed by atoms with Gasteiger partial charge in [-0.05, 0) is 238 Å². The van der Waals surface area contributed by atoms with Crippen molar-refractivity contribution >= 4 is 197 Å². The first-order valence-corrected chi connectivity index (χ1v) is 47.1. The number of aryl methyl sites for hydroxylation is 1. The zero-order valence-corrected chi connectivity index (χ0v) is 78.6. The molecular formula is C129H111N11. The van der Waals surface area contributed by atoms with Crippen molar-refractivity contribution in [3.63, 3.8) is 0 Å². The summed E-state index contributed by atoms with van der Waals surface area (Å²) in [6.07, 6.45) is 17.1. The van der Waals surface area contributed by atoms with Gasteiger partial charge in [0.25, 0.3) is 0 Å². The molecule has 140 heavy (non-hydrogen) atoms. The van der Waals surface area contributed by atoms with Gasteiger partial charge < -0.3 is 60.7 Å². The van der Waals surface area contributed by atoms with Crippen LogP contribution >= 0.6 is 0 Å². The van der Waals surface area contributed by atoms with Crippen molar-refractivity contribution in [2.45, 2.75) is 32.7 Å². The van der Waals surface area contributed by atoms with E-state index in [1.807, 2.05) is 188 Å². The monoisotopic (exact) mass is 1810 g/mol. The van der Waals surface area contributed by atoms with E-state index in [1.54, 1.807) is 0 Å². The maximum Gasteiger partial charge on any atom is 0.0542 e. The minimum Gasteiger partial charge on any atom is -0.399 e. The van der Waals surface area contributed by atoms with Crippen LogP contribution in [0.25, 0.3) is 174 Å². The third-order valence-corrected chi connectivity index (χ3v) is 25.8. The van der Waals surface area contributed by atoms with Gasteiger partial charge in [0.1, 0.15) is 0 Å². The lowest BCUT2D eigenvalue weighted by atomic mass is 9.82. The Bertz CT molecular complexity index is 8340. The van der Waals surface area contributed by atoms with Gasteiger partial charge in [0.2, 0.25) is 0 Å². The van der Waals surface area contributed by atoms with E-state index < -0.39 is 0 Å². The average molecular weight is 1820 g/mol. The normalized spacial score (nSPS) is 11.8. The van der Waals surface area contributed by atoms with Crippen LogP contribution in [0.3, 0.4) is 0 Å². The third-order valence-electron chi connectivity index (χ3n) is 25.8. The zero-order valence-electron chi connectivity index (χ0n) is 78.6. The molecule has 21 aromatic carbocycles. The first-order chi connectivity index (χ1) is 68.4. The van der Waals surface area contributed by atoms with E-state index in [1.165, 1.54) is 126 Å². The Morgan fingerprint density at radius 1 is 0.214 bits per heavy atom. The predicted molar refractivity (Wildman–Crippen MR) is 610 cm³/mol. The van der Waals surface area contributed by atoms with Crippen LogP contribution in [0.15, 0.2) is 449 Å². The Morgan fingerprint density at radius 3 is 0.979 bits per heavy atom. The summed E-state index contributed by atoms with van der Waals surface area (Å²) in [5, 5.41) is 16.3. The van der Waals surface area contributed by atoms with Crippen molar-refractivity contribution in [3.05, 3.63) is 505 Å². The lowest BCUT2D eigenvalue weighted by molar-refractivity contribution is 0.660. The second kappa shape index (κ2) is 42.1. The van der Waals surface area contributed by atoms with Crippen LogP contribution in [0.5, 0.6) is 0 Å². The van der Waals surface area contributed by atoms with Crippen LogP contribution in [-0.2, 0) is 12.0 Å². The molecule has 1 aliphatic carbocycles. The Labute approximate surface area is 817 Å². The molecule has 0 saturated heterocycles. The number of hydrogen-bond acceptors (Lipinski definition) is 9. The summed E-state index contributed by atoms with van der Waals surface area (Å²) in [6.45, 7) is 7.60. The molecule has 0 aliphatic heterocycles. The Balaban J connectivity index is 0.000000109. The number of nitrogens with two attached hydrogens (primary N) is 9. The molecule has 1 aliphatic rings.